The maximum absolute atomic E-state index is 13.7. The average Bonchev–Trinajstić information content (AvgIpc) is 2.77. The van der Waals surface area contributed by atoms with E-state index in [9.17, 15) is 9.18 Å². The molecule has 1 fully saturated rings. The number of benzene rings is 2. The van der Waals surface area contributed by atoms with Crippen LogP contribution in [0.2, 0.25) is 5.02 Å². The molecule has 2 aromatic carbocycles. The van der Waals surface area contributed by atoms with Gasteiger partial charge in [-0.05, 0) is 61.7 Å². The van der Waals surface area contributed by atoms with Gasteiger partial charge in [0.05, 0.1) is 11.6 Å². The summed E-state index contributed by atoms with van der Waals surface area (Å²) in [5, 5.41) is 12.2. The van der Waals surface area contributed by atoms with Gasteiger partial charge in [0.1, 0.15) is 5.82 Å². The highest BCUT2D eigenvalue weighted by Gasteiger charge is 2.27. The molecule has 1 amide bonds. The van der Waals surface area contributed by atoms with Crippen LogP contribution in [0.3, 0.4) is 0 Å². The lowest BCUT2D eigenvalue weighted by molar-refractivity contribution is -0.120. The molecule has 1 atom stereocenters. The Bertz CT molecular complexity index is 1040. The maximum atomic E-state index is 13.7. The molecular weight excluding hydrogens is 403 g/mol. The van der Waals surface area contributed by atoms with Gasteiger partial charge < -0.3 is 10.2 Å². The molecule has 30 heavy (non-hydrogen) atoms. The minimum atomic E-state index is -0.325. The van der Waals surface area contributed by atoms with Crippen molar-refractivity contribution in [1.82, 2.24) is 10.2 Å². The van der Waals surface area contributed by atoms with Gasteiger partial charge in [-0.15, -0.1) is 10.2 Å². The Morgan fingerprint density at radius 1 is 1.13 bits per heavy atom. The van der Waals surface area contributed by atoms with Crippen LogP contribution in [-0.4, -0.2) is 29.2 Å². The molecule has 2 heterocycles. The molecule has 154 valence electrons. The lowest BCUT2D eigenvalue weighted by Crippen LogP contribution is -2.41. The summed E-state index contributed by atoms with van der Waals surface area (Å²) in [7, 11) is 0. The van der Waals surface area contributed by atoms with Gasteiger partial charge in [-0.1, -0.05) is 29.8 Å². The number of halogens is 2. The number of carbonyl (C=O) groups excluding carboxylic acids is 1. The zero-order valence-corrected chi connectivity index (χ0v) is 17.4. The second-order valence-corrected chi connectivity index (χ2v) is 7.96. The predicted molar refractivity (Wildman–Crippen MR) is 117 cm³/mol. The fraction of sp³-hybridized carbons (Fsp3) is 0.261. The molecule has 1 unspecified atom stereocenters. The van der Waals surface area contributed by atoms with Crippen LogP contribution in [0.15, 0.2) is 54.6 Å². The number of hydrogen-bond acceptors (Lipinski definition) is 4. The van der Waals surface area contributed by atoms with Crippen molar-refractivity contribution in [2.24, 2.45) is 5.92 Å². The van der Waals surface area contributed by atoms with E-state index in [4.69, 9.17) is 11.6 Å². The molecule has 0 bridgehead atoms. The van der Waals surface area contributed by atoms with Crippen molar-refractivity contribution in [3.63, 3.8) is 0 Å². The first kappa shape index (κ1) is 20.3. The molecule has 0 spiro atoms. The number of rotatable bonds is 4. The first-order valence-corrected chi connectivity index (χ1v) is 10.3. The molecule has 0 radical (unpaired) electrons. The molecule has 3 aromatic rings. The highest BCUT2D eigenvalue weighted by Crippen LogP contribution is 2.25. The van der Waals surface area contributed by atoms with Crippen LogP contribution >= 0.6 is 11.6 Å². The van der Waals surface area contributed by atoms with Crippen LogP contribution in [-0.2, 0) is 4.79 Å². The van der Waals surface area contributed by atoms with E-state index in [-0.39, 0.29) is 17.6 Å². The molecule has 4 rings (SSSR count). The molecule has 1 aliphatic rings. The fourth-order valence-electron chi connectivity index (χ4n) is 3.58. The van der Waals surface area contributed by atoms with Crippen LogP contribution in [0.5, 0.6) is 0 Å². The van der Waals surface area contributed by atoms with Crippen molar-refractivity contribution in [3.05, 3.63) is 71.0 Å². The molecular formula is C23H22ClFN4O. The fourth-order valence-corrected chi connectivity index (χ4v) is 3.71. The van der Waals surface area contributed by atoms with Gasteiger partial charge in [0.25, 0.3) is 0 Å². The van der Waals surface area contributed by atoms with Gasteiger partial charge in [0, 0.05) is 29.4 Å². The molecule has 0 aliphatic carbocycles. The third-order valence-corrected chi connectivity index (χ3v) is 5.60. The minimum absolute atomic E-state index is 0.103. The van der Waals surface area contributed by atoms with Crippen LogP contribution in [0, 0.1) is 18.7 Å². The number of nitrogens with zero attached hydrogens (tertiary/aromatic N) is 3. The topological polar surface area (TPSA) is 58.1 Å². The predicted octanol–water partition coefficient (Wildman–Crippen LogP) is 5.10. The van der Waals surface area contributed by atoms with Crippen LogP contribution < -0.4 is 10.2 Å². The lowest BCUT2D eigenvalue weighted by atomic mass is 9.97. The summed E-state index contributed by atoms with van der Waals surface area (Å²) >= 11 is 5.94. The summed E-state index contributed by atoms with van der Waals surface area (Å²) < 4.78 is 13.7. The van der Waals surface area contributed by atoms with E-state index in [0.717, 1.165) is 36.5 Å². The zero-order chi connectivity index (χ0) is 21.1. The number of hydrogen-bond donors (Lipinski definition) is 1. The van der Waals surface area contributed by atoms with Crippen molar-refractivity contribution in [1.29, 1.82) is 0 Å². The van der Waals surface area contributed by atoms with Crippen molar-refractivity contribution < 1.29 is 9.18 Å². The van der Waals surface area contributed by atoms with E-state index in [2.05, 4.69) is 20.4 Å². The average molecular weight is 425 g/mol. The van der Waals surface area contributed by atoms with Gasteiger partial charge in [-0.2, -0.15) is 0 Å². The third-order valence-electron chi connectivity index (χ3n) is 5.35. The Labute approximate surface area is 179 Å². The summed E-state index contributed by atoms with van der Waals surface area (Å²) in [6.07, 6.45) is 1.66. The summed E-state index contributed by atoms with van der Waals surface area (Å²) in [4.78, 5) is 14.8. The quantitative estimate of drug-likeness (QED) is 0.633. The number of nitrogens with one attached hydrogen (secondary N) is 1. The van der Waals surface area contributed by atoms with E-state index >= 15 is 0 Å². The zero-order valence-electron chi connectivity index (χ0n) is 16.6. The standard InChI is InChI=1S/C23H22ClFN4O/c1-15-4-9-19(13-20(15)25)26-23(30)17-3-2-12-29(14-17)22-11-10-21(27-28-22)16-5-7-18(24)8-6-16/h4-11,13,17H,2-3,12,14H2,1H3,(H,26,30). The van der Waals surface area contributed by atoms with Crippen LogP contribution in [0.4, 0.5) is 15.9 Å². The van der Waals surface area contributed by atoms with Gasteiger partial charge in [-0.25, -0.2) is 4.39 Å². The Morgan fingerprint density at radius 3 is 2.63 bits per heavy atom. The lowest BCUT2D eigenvalue weighted by Gasteiger charge is -2.32. The van der Waals surface area contributed by atoms with Gasteiger partial charge in [0.2, 0.25) is 5.91 Å². The first-order chi connectivity index (χ1) is 14.5. The molecule has 1 aliphatic heterocycles. The second kappa shape index (κ2) is 8.79. The van der Waals surface area contributed by atoms with Gasteiger partial charge in [0.15, 0.2) is 5.82 Å². The second-order valence-electron chi connectivity index (χ2n) is 7.52. The number of aromatic nitrogens is 2. The molecule has 1 saturated heterocycles. The van der Waals surface area contributed by atoms with Crippen LogP contribution in [0.1, 0.15) is 18.4 Å². The minimum Gasteiger partial charge on any atom is -0.354 e. The Morgan fingerprint density at radius 2 is 1.93 bits per heavy atom. The number of aryl methyl sites for hydroxylation is 1. The highest BCUT2D eigenvalue weighted by atomic mass is 35.5. The van der Waals surface area contributed by atoms with E-state index in [1.165, 1.54) is 6.07 Å². The number of anilines is 2. The number of carbonyl (C=O) groups is 1. The molecule has 7 heteroatoms. The Hall–Kier alpha value is -2.99. The smallest absolute Gasteiger partial charge is 0.229 e. The van der Waals surface area contributed by atoms with Crippen molar-refractivity contribution in [3.8, 4) is 11.3 Å². The molecule has 0 saturated carbocycles. The summed E-state index contributed by atoms with van der Waals surface area (Å²) in [6, 6.07) is 16.0. The van der Waals surface area contributed by atoms with E-state index in [1.54, 1.807) is 19.1 Å². The molecule has 5 nitrogen and oxygen atoms in total. The number of piperidine rings is 1. The van der Waals surface area contributed by atoms with Crippen molar-refractivity contribution in [2.45, 2.75) is 19.8 Å². The SMILES string of the molecule is Cc1ccc(NC(=O)C2CCCN(c3ccc(-c4ccc(Cl)cc4)nn3)C2)cc1F. The maximum Gasteiger partial charge on any atom is 0.229 e. The summed E-state index contributed by atoms with van der Waals surface area (Å²) in [6.45, 7) is 3.06. The summed E-state index contributed by atoms with van der Waals surface area (Å²) in [5.41, 5.74) is 2.74. The van der Waals surface area contributed by atoms with Gasteiger partial charge in [-0.3, -0.25) is 4.79 Å². The van der Waals surface area contributed by atoms with Crippen LogP contribution in [0.25, 0.3) is 11.3 Å². The third kappa shape index (κ3) is 4.60. The molecule has 1 N–H and O–H groups in total. The highest BCUT2D eigenvalue weighted by molar-refractivity contribution is 6.30. The van der Waals surface area contributed by atoms with Crippen molar-refractivity contribution >= 4 is 29.0 Å². The largest absolute Gasteiger partial charge is 0.354 e. The normalized spacial score (nSPS) is 16.4. The Kier molecular flexibility index (Phi) is 5.95. The first-order valence-electron chi connectivity index (χ1n) is 9.91. The van der Waals surface area contributed by atoms with E-state index in [1.807, 2.05) is 36.4 Å². The van der Waals surface area contributed by atoms with E-state index in [0.29, 0.717) is 22.8 Å². The number of amides is 1. The Balaban J connectivity index is 1.42. The van der Waals surface area contributed by atoms with Gasteiger partial charge >= 0.3 is 0 Å². The molecule has 1 aromatic heterocycles. The summed E-state index contributed by atoms with van der Waals surface area (Å²) in [5.74, 6) is 0.121. The van der Waals surface area contributed by atoms with Crippen molar-refractivity contribution in [2.75, 3.05) is 23.3 Å². The van der Waals surface area contributed by atoms with E-state index < -0.39 is 0 Å². The monoisotopic (exact) mass is 424 g/mol.